The third-order valence-electron chi connectivity index (χ3n) is 4.17. The highest BCUT2D eigenvalue weighted by Crippen LogP contribution is 2.34. The first-order valence-electron chi connectivity index (χ1n) is 7.63. The molecule has 1 fully saturated rings. The molecular weight excluding hydrogens is 332 g/mol. The van der Waals surface area contributed by atoms with Crippen molar-refractivity contribution in [3.05, 3.63) is 65.2 Å². The zero-order valence-corrected chi connectivity index (χ0v) is 13.5. The normalized spacial score (nSPS) is 16.8. The number of methoxy groups -OCH3 is 1. The maximum absolute atomic E-state index is 14.2. The molecule has 2 aromatic rings. The number of hydrogen-bond acceptors (Lipinski definition) is 4. The number of hydrogen-bond donors (Lipinski definition) is 2. The van der Waals surface area contributed by atoms with E-state index in [4.69, 9.17) is 9.47 Å². The monoisotopic (exact) mass is 349 g/mol. The molecule has 1 atom stereocenters. The second-order valence-electron chi connectivity index (χ2n) is 5.87. The minimum Gasteiger partial charge on any atom is -0.508 e. The van der Waals surface area contributed by atoms with E-state index in [1.165, 1.54) is 37.4 Å². The molecule has 132 valence electrons. The zero-order valence-electron chi connectivity index (χ0n) is 13.5. The summed E-state index contributed by atoms with van der Waals surface area (Å²) in [6, 6.07) is 9.46. The lowest BCUT2D eigenvalue weighted by atomic mass is 9.86. The Morgan fingerprint density at radius 3 is 2.28 bits per heavy atom. The molecule has 0 aliphatic carbocycles. The summed E-state index contributed by atoms with van der Waals surface area (Å²) in [5.41, 5.74) is -1.00. The van der Waals surface area contributed by atoms with Crippen LogP contribution in [0.4, 0.5) is 8.78 Å². The van der Waals surface area contributed by atoms with Gasteiger partial charge in [-0.2, -0.15) is 0 Å². The molecule has 1 aliphatic heterocycles. The molecule has 5 nitrogen and oxygen atoms in total. The van der Waals surface area contributed by atoms with Crippen LogP contribution in [0.25, 0.3) is 0 Å². The number of nitrogens with one attached hydrogen (secondary N) is 1. The summed E-state index contributed by atoms with van der Waals surface area (Å²) >= 11 is 0. The molecule has 0 unspecified atom stereocenters. The summed E-state index contributed by atoms with van der Waals surface area (Å²) in [5.74, 6) is -2.00. The predicted molar refractivity (Wildman–Crippen MR) is 84.9 cm³/mol. The van der Waals surface area contributed by atoms with Crippen LogP contribution in [0.1, 0.15) is 17.2 Å². The van der Waals surface area contributed by atoms with Crippen LogP contribution < -0.4 is 5.32 Å². The molecule has 1 saturated heterocycles. The van der Waals surface area contributed by atoms with Gasteiger partial charge in [-0.15, -0.1) is 0 Å². The van der Waals surface area contributed by atoms with Gasteiger partial charge in [0.2, 0.25) is 0 Å². The maximum atomic E-state index is 14.2. The molecule has 0 spiro atoms. The number of amides is 1. The lowest BCUT2D eigenvalue weighted by Gasteiger charge is -2.43. The van der Waals surface area contributed by atoms with Gasteiger partial charge in [0.15, 0.2) is 6.10 Å². The summed E-state index contributed by atoms with van der Waals surface area (Å²) in [4.78, 5) is 12.7. The smallest absolute Gasteiger partial charge is 0.254 e. The Balaban J connectivity index is 1.88. The number of halogens is 2. The van der Waals surface area contributed by atoms with Crippen LogP contribution in [0.5, 0.6) is 5.75 Å². The van der Waals surface area contributed by atoms with Crippen LogP contribution in [-0.2, 0) is 19.8 Å². The van der Waals surface area contributed by atoms with Gasteiger partial charge in [-0.1, -0.05) is 18.2 Å². The third-order valence-corrected chi connectivity index (χ3v) is 4.17. The number of carbonyl (C=O) groups excluding carboxylic acids is 1. The lowest BCUT2D eigenvalue weighted by molar-refractivity contribution is -0.144. The van der Waals surface area contributed by atoms with Crippen LogP contribution in [0.2, 0.25) is 0 Å². The minimum absolute atomic E-state index is 0.0391. The van der Waals surface area contributed by atoms with Gasteiger partial charge in [0.25, 0.3) is 5.91 Å². The van der Waals surface area contributed by atoms with Crippen molar-refractivity contribution >= 4 is 5.91 Å². The molecule has 1 amide bonds. The van der Waals surface area contributed by atoms with E-state index in [1.807, 2.05) is 0 Å². The standard InChI is InChI=1S/C18H17F2NO4/c1-24-16(11-5-7-12(22)8-6-11)17(23)21-18(9-25-10-18)15-13(19)3-2-4-14(15)20/h2-8,16,22H,9-10H2,1H3,(H,21,23)/t16-/m1/s1. The Bertz CT molecular complexity index is 755. The number of aromatic hydroxyl groups is 1. The predicted octanol–water partition coefficient (Wildman–Crippen LogP) is 2.40. The molecule has 7 heteroatoms. The molecule has 0 bridgehead atoms. The van der Waals surface area contributed by atoms with Crippen molar-refractivity contribution in [2.75, 3.05) is 20.3 Å². The summed E-state index contributed by atoms with van der Waals surface area (Å²) in [5, 5.41) is 12.0. The number of phenolic OH excluding ortho intramolecular Hbond substituents is 1. The van der Waals surface area contributed by atoms with Gasteiger partial charge in [0.1, 0.15) is 22.9 Å². The van der Waals surface area contributed by atoms with E-state index < -0.39 is 29.2 Å². The van der Waals surface area contributed by atoms with Crippen LogP contribution in [0.3, 0.4) is 0 Å². The summed E-state index contributed by atoms with van der Waals surface area (Å²) in [6.45, 7) is -0.0782. The number of benzene rings is 2. The van der Waals surface area contributed by atoms with Crippen LogP contribution in [-0.4, -0.2) is 31.3 Å². The molecule has 2 aromatic carbocycles. The van der Waals surface area contributed by atoms with Gasteiger partial charge in [0, 0.05) is 7.11 Å². The first-order chi connectivity index (χ1) is 12.0. The van der Waals surface area contributed by atoms with Crippen molar-refractivity contribution < 1.29 is 28.2 Å². The highest BCUT2D eigenvalue weighted by molar-refractivity contribution is 5.83. The van der Waals surface area contributed by atoms with Gasteiger partial charge < -0.3 is 19.9 Å². The fourth-order valence-corrected chi connectivity index (χ4v) is 2.89. The highest BCUT2D eigenvalue weighted by Gasteiger charge is 2.46. The van der Waals surface area contributed by atoms with E-state index in [1.54, 1.807) is 0 Å². The first-order valence-corrected chi connectivity index (χ1v) is 7.63. The fraction of sp³-hybridized carbons (Fsp3) is 0.278. The second-order valence-corrected chi connectivity index (χ2v) is 5.87. The molecule has 2 N–H and O–H groups in total. The number of ether oxygens (including phenoxy) is 2. The Hall–Kier alpha value is -2.51. The Morgan fingerprint density at radius 2 is 1.80 bits per heavy atom. The maximum Gasteiger partial charge on any atom is 0.254 e. The number of phenols is 1. The van der Waals surface area contributed by atoms with Crippen molar-refractivity contribution in [3.8, 4) is 5.75 Å². The van der Waals surface area contributed by atoms with E-state index in [0.717, 1.165) is 12.1 Å². The molecule has 0 radical (unpaired) electrons. The topological polar surface area (TPSA) is 67.8 Å². The Kier molecular flexibility index (Phi) is 4.69. The van der Waals surface area contributed by atoms with Gasteiger partial charge in [-0.25, -0.2) is 8.78 Å². The molecule has 1 heterocycles. The van der Waals surface area contributed by atoms with Crippen molar-refractivity contribution in [1.82, 2.24) is 5.32 Å². The number of rotatable bonds is 5. The second kappa shape index (κ2) is 6.78. The van der Waals surface area contributed by atoms with Gasteiger partial charge >= 0.3 is 0 Å². The largest absolute Gasteiger partial charge is 0.508 e. The quantitative estimate of drug-likeness (QED) is 0.870. The van der Waals surface area contributed by atoms with Gasteiger partial charge in [-0.3, -0.25) is 4.79 Å². The van der Waals surface area contributed by atoms with Crippen molar-refractivity contribution in [2.24, 2.45) is 0 Å². The Labute approximate surface area is 143 Å². The van der Waals surface area contributed by atoms with Gasteiger partial charge in [0.05, 0.1) is 18.8 Å². The van der Waals surface area contributed by atoms with E-state index >= 15 is 0 Å². The van der Waals surface area contributed by atoms with Crippen LogP contribution in [0.15, 0.2) is 42.5 Å². The lowest BCUT2D eigenvalue weighted by Crippen LogP contribution is -2.61. The van der Waals surface area contributed by atoms with Crippen molar-refractivity contribution in [1.29, 1.82) is 0 Å². The van der Waals surface area contributed by atoms with E-state index in [9.17, 15) is 18.7 Å². The van der Waals surface area contributed by atoms with Crippen molar-refractivity contribution in [2.45, 2.75) is 11.6 Å². The zero-order chi connectivity index (χ0) is 18.0. The van der Waals surface area contributed by atoms with E-state index in [0.29, 0.717) is 5.56 Å². The summed E-state index contributed by atoms with van der Waals surface area (Å²) in [7, 11) is 1.35. The number of carbonyl (C=O) groups is 1. The van der Waals surface area contributed by atoms with Gasteiger partial charge in [-0.05, 0) is 29.8 Å². The molecule has 25 heavy (non-hydrogen) atoms. The summed E-state index contributed by atoms with van der Waals surface area (Å²) < 4.78 is 38.7. The summed E-state index contributed by atoms with van der Waals surface area (Å²) in [6.07, 6.45) is -0.993. The molecule has 1 aliphatic rings. The van der Waals surface area contributed by atoms with E-state index in [2.05, 4.69) is 5.32 Å². The first kappa shape index (κ1) is 17.3. The SMILES string of the molecule is CO[C@@H](C(=O)NC1(c2c(F)cccc2F)COC1)c1ccc(O)cc1. The third kappa shape index (κ3) is 3.20. The molecular formula is C18H17F2NO4. The minimum atomic E-state index is -1.28. The van der Waals surface area contributed by atoms with Crippen LogP contribution >= 0.6 is 0 Å². The molecule has 0 saturated carbocycles. The van der Waals surface area contributed by atoms with E-state index in [-0.39, 0.29) is 24.5 Å². The fourth-order valence-electron chi connectivity index (χ4n) is 2.89. The molecule has 0 aromatic heterocycles. The highest BCUT2D eigenvalue weighted by atomic mass is 19.1. The average Bonchev–Trinajstić information content (AvgIpc) is 2.54. The van der Waals surface area contributed by atoms with Crippen LogP contribution in [0, 0.1) is 11.6 Å². The van der Waals surface area contributed by atoms with Crippen molar-refractivity contribution in [3.63, 3.8) is 0 Å². The average molecular weight is 349 g/mol. The molecule has 3 rings (SSSR count). The Morgan fingerprint density at radius 1 is 1.20 bits per heavy atom.